The number of aromatic nitrogens is 3. The normalized spacial score (nSPS) is 16.0. The summed E-state index contributed by atoms with van der Waals surface area (Å²) in [5.74, 6) is 0.433. The highest BCUT2D eigenvalue weighted by Crippen LogP contribution is 2.37. The zero-order valence-electron chi connectivity index (χ0n) is 13.7. The molecule has 130 valence electrons. The van der Waals surface area contributed by atoms with E-state index in [4.69, 9.17) is 0 Å². The Bertz CT molecular complexity index is 962. The molecule has 0 aliphatic carbocycles. The van der Waals surface area contributed by atoms with Crippen LogP contribution >= 0.6 is 15.9 Å². The van der Waals surface area contributed by atoms with Gasteiger partial charge >= 0.3 is 0 Å². The molecule has 1 amide bonds. The van der Waals surface area contributed by atoms with E-state index >= 15 is 0 Å². The minimum absolute atomic E-state index is 0.00116. The Morgan fingerprint density at radius 2 is 1.85 bits per heavy atom. The molecular weight excluding hydrogens is 396 g/mol. The van der Waals surface area contributed by atoms with Gasteiger partial charge in [-0.2, -0.15) is 0 Å². The van der Waals surface area contributed by atoms with E-state index in [0.717, 1.165) is 15.7 Å². The molecule has 26 heavy (non-hydrogen) atoms. The minimum atomic E-state index is -0.151. The van der Waals surface area contributed by atoms with E-state index in [9.17, 15) is 9.90 Å². The Morgan fingerprint density at radius 3 is 2.62 bits per heavy atom. The smallest absolute Gasteiger partial charge is 0.255 e. The van der Waals surface area contributed by atoms with Crippen LogP contribution in [0.3, 0.4) is 0 Å². The number of pyridine rings is 1. The van der Waals surface area contributed by atoms with Gasteiger partial charge in [0.1, 0.15) is 5.82 Å². The predicted molar refractivity (Wildman–Crippen MR) is 98.4 cm³/mol. The number of halogens is 1. The van der Waals surface area contributed by atoms with E-state index in [1.807, 2.05) is 36.4 Å². The lowest BCUT2D eigenvalue weighted by Gasteiger charge is -2.25. The minimum Gasteiger partial charge on any atom is -0.505 e. The molecule has 2 aromatic heterocycles. The van der Waals surface area contributed by atoms with Crippen LogP contribution in [0.1, 0.15) is 33.5 Å². The van der Waals surface area contributed by atoms with Crippen LogP contribution in [0.15, 0.2) is 59.5 Å². The van der Waals surface area contributed by atoms with Gasteiger partial charge < -0.3 is 10.0 Å². The molecule has 1 unspecified atom stereocenters. The van der Waals surface area contributed by atoms with Crippen molar-refractivity contribution in [3.63, 3.8) is 0 Å². The number of hydrogen-bond donors (Lipinski definition) is 1. The monoisotopic (exact) mass is 410 g/mol. The first-order valence-electron chi connectivity index (χ1n) is 8.12. The molecule has 0 bridgehead atoms. The van der Waals surface area contributed by atoms with E-state index in [1.54, 1.807) is 11.1 Å². The van der Waals surface area contributed by atoms with Crippen molar-refractivity contribution in [2.24, 2.45) is 0 Å². The Labute approximate surface area is 158 Å². The highest BCUT2D eigenvalue weighted by molar-refractivity contribution is 9.10. The summed E-state index contributed by atoms with van der Waals surface area (Å²) in [6.45, 7) is 0.267. The highest BCUT2D eigenvalue weighted by atomic mass is 79.9. The summed E-state index contributed by atoms with van der Waals surface area (Å²) in [6, 6.07) is 11.3. The van der Waals surface area contributed by atoms with Crippen molar-refractivity contribution in [2.75, 3.05) is 0 Å². The largest absolute Gasteiger partial charge is 0.505 e. The van der Waals surface area contributed by atoms with Crippen LogP contribution in [0.25, 0.3) is 0 Å². The number of nitrogens with zero attached hydrogens (tertiary/aromatic N) is 4. The van der Waals surface area contributed by atoms with Crippen LogP contribution < -0.4 is 0 Å². The van der Waals surface area contributed by atoms with Gasteiger partial charge in [0.2, 0.25) is 0 Å². The molecule has 0 saturated carbocycles. The van der Waals surface area contributed by atoms with Gasteiger partial charge in [0.05, 0.1) is 30.7 Å². The van der Waals surface area contributed by atoms with Crippen molar-refractivity contribution in [3.05, 3.63) is 82.1 Å². The lowest BCUT2D eigenvalue weighted by atomic mass is 10.0. The standard InChI is InChI=1S/C19H15BrN4O2/c20-15-6-3-7-21-16(15)8-17-13-4-1-2-5-14(13)19(26)24(17)11-18-22-9-12(25)10-23-18/h1-7,9-10,17,25H,8,11H2. The van der Waals surface area contributed by atoms with Gasteiger partial charge in [-0.05, 0) is 39.7 Å². The molecule has 0 saturated heterocycles. The number of aromatic hydroxyl groups is 1. The fourth-order valence-electron chi connectivity index (χ4n) is 3.18. The van der Waals surface area contributed by atoms with Crippen LogP contribution in [0, 0.1) is 0 Å². The van der Waals surface area contributed by atoms with Gasteiger partial charge in [-0.15, -0.1) is 0 Å². The molecular formula is C19H15BrN4O2. The van der Waals surface area contributed by atoms with Crippen LogP contribution in [-0.2, 0) is 13.0 Å². The summed E-state index contributed by atoms with van der Waals surface area (Å²) in [5, 5.41) is 9.37. The maximum Gasteiger partial charge on any atom is 0.255 e. The van der Waals surface area contributed by atoms with Crippen LogP contribution in [0.5, 0.6) is 5.75 Å². The SMILES string of the molecule is O=C1c2ccccc2C(Cc2ncccc2Br)N1Cc1ncc(O)cn1. The first-order chi connectivity index (χ1) is 12.6. The number of amides is 1. The average Bonchev–Trinajstić information content (AvgIpc) is 2.91. The number of fused-ring (bicyclic) bond motifs is 1. The van der Waals surface area contributed by atoms with Gasteiger partial charge in [-0.25, -0.2) is 9.97 Å². The highest BCUT2D eigenvalue weighted by Gasteiger charge is 2.37. The Balaban J connectivity index is 1.70. The molecule has 3 aromatic rings. The van der Waals surface area contributed by atoms with Crippen LogP contribution in [-0.4, -0.2) is 30.9 Å². The zero-order valence-corrected chi connectivity index (χ0v) is 15.3. The van der Waals surface area contributed by atoms with Crippen molar-refractivity contribution in [1.29, 1.82) is 0 Å². The van der Waals surface area contributed by atoms with Crippen molar-refractivity contribution in [3.8, 4) is 5.75 Å². The van der Waals surface area contributed by atoms with E-state index in [2.05, 4.69) is 30.9 Å². The molecule has 0 fully saturated rings. The molecule has 0 radical (unpaired) electrons. The Kier molecular flexibility index (Phi) is 4.38. The molecule has 1 atom stereocenters. The summed E-state index contributed by atoms with van der Waals surface area (Å²) in [5.41, 5.74) is 2.57. The molecule has 1 N–H and O–H groups in total. The molecule has 6 nitrogen and oxygen atoms in total. The molecule has 1 aromatic carbocycles. The van der Waals surface area contributed by atoms with Gasteiger partial charge in [-0.3, -0.25) is 9.78 Å². The molecule has 7 heteroatoms. The van der Waals surface area contributed by atoms with E-state index in [0.29, 0.717) is 17.8 Å². The maximum atomic E-state index is 12.9. The predicted octanol–water partition coefficient (Wildman–Crippen LogP) is 3.28. The Hall–Kier alpha value is -2.80. The Morgan fingerprint density at radius 1 is 1.08 bits per heavy atom. The van der Waals surface area contributed by atoms with Crippen molar-refractivity contribution in [1.82, 2.24) is 19.9 Å². The van der Waals surface area contributed by atoms with Crippen molar-refractivity contribution in [2.45, 2.75) is 19.0 Å². The van der Waals surface area contributed by atoms with Gasteiger partial charge in [0.15, 0.2) is 5.75 Å². The van der Waals surface area contributed by atoms with Crippen LogP contribution in [0.2, 0.25) is 0 Å². The summed E-state index contributed by atoms with van der Waals surface area (Å²) >= 11 is 3.53. The van der Waals surface area contributed by atoms with Crippen molar-refractivity contribution < 1.29 is 9.90 Å². The molecule has 3 heterocycles. The fourth-order valence-corrected chi connectivity index (χ4v) is 3.60. The van der Waals surface area contributed by atoms with Crippen molar-refractivity contribution >= 4 is 21.8 Å². The molecule has 1 aliphatic rings. The third-order valence-electron chi connectivity index (χ3n) is 4.41. The number of carbonyl (C=O) groups excluding carboxylic acids is 1. The summed E-state index contributed by atoms with van der Waals surface area (Å²) in [7, 11) is 0. The van der Waals surface area contributed by atoms with Gasteiger partial charge in [0.25, 0.3) is 5.91 Å². The number of benzene rings is 1. The second kappa shape index (κ2) is 6.84. The second-order valence-electron chi connectivity index (χ2n) is 6.03. The van der Waals surface area contributed by atoms with Gasteiger partial charge in [0, 0.05) is 22.7 Å². The third-order valence-corrected chi connectivity index (χ3v) is 5.13. The number of hydrogen-bond acceptors (Lipinski definition) is 5. The second-order valence-corrected chi connectivity index (χ2v) is 6.88. The van der Waals surface area contributed by atoms with E-state index in [-0.39, 0.29) is 24.2 Å². The lowest BCUT2D eigenvalue weighted by Crippen LogP contribution is -2.29. The number of rotatable bonds is 4. The first kappa shape index (κ1) is 16.7. The molecule has 0 spiro atoms. The lowest BCUT2D eigenvalue weighted by molar-refractivity contribution is 0.0703. The van der Waals surface area contributed by atoms with E-state index < -0.39 is 0 Å². The number of carbonyl (C=O) groups is 1. The average molecular weight is 411 g/mol. The summed E-state index contributed by atoms with van der Waals surface area (Å²) in [6.07, 6.45) is 5.00. The van der Waals surface area contributed by atoms with E-state index in [1.165, 1.54) is 12.4 Å². The van der Waals surface area contributed by atoms with Gasteiger partial charge in [-0.1, -0.05) is 18.2 Å². The topological polar surface area (TPSA) is 79.2 Å². The maximum absolute atomic E-state index is 12.9. The zero-order chi connectivity index (χ0) is 18.1. The van der Waals surface area contributed by atoms with Crippen LogP contribution in [0.4, 0.5) is 0 Å². The molecule has 1 aliphatic heterocycles. The molecule has 4 rings (SSSR count). The quantitative estimate of drug-likeness (QED) is 0.713. The first-order valence-corrected chi connectivity index (χ1v) is 8.92. The summed E-state index contributed by atoms with van der Waals surface area (Å²) < 4.78 is 0.915. The summed E-state index contributed by atoms with van der Waals surface area (Å²) in [4.78, 5) is 27.4. The third kappa shape index (κ3) is 3.06. The fraction of sp³-hybridized carbons (Fsp3) is 0.158.